The summed E-state index contributed by atoms with van der Waals surface area (Å²) in [5.74, 6) is -5.83. The Morgan fingerprint density at radius 2 is 1.40 bits per heavy atom. The highest BCUT2D eigenvalue weighted by molar-refractivity contribution is 5.98. The summed E-state index contributed by atoms with van der Waals surface area (Å²) in [6.07, 6.45) is 8.54. The highest BCUT2D eigenvalue weighted by atomic mass is 16.6. The summed E-state index contributed by atoms with van der Waals surface area (Å²) in [7, 11) is 0. The zero-order chi connectivity index (χ0) is 40.8. The Morgan fingerprint density at radius 3 is 2.03 bits per heavy atom. The first kappa shape index (κ1) is 38.9. The van der Waals surface area contributed by atoms with Gasteiger partial charge in [-0.2, -0.15) is 0 Å². The summed E-state index contributed by atoms with van der Waals surface area (Å²) in [5.41, 5.74) is -3.06. The van der Waals surface area contributed by atoms with E-state index in [9.17, 15) is 28.8 Å². The lowest BCUT2D eigenvalue weighted by molar-refractivity contribution is -0.220. The average molecular weight is 805 g/mol. The van der Waals surface area contributed by atoms with Crippen LogP contribution in [0.2, 0.25) is 0 Å². The summed E-state index contributed by atoms with van der Waals surface area (Å²) in [4.78, 5) is 96.2. The van der Waals surface area contributed by atoms with E-state index < -0.39 is 69.8 Å². The molecule has 2 aliphatic heterocycles. The largest absolute Gasteiger partial charge is 0.465 e. The van der Waals surface area contributed by atoms with Gasteiger partial charge in [-0.15, -0.1) is 0 Å². The Bertz CT molecular complexity index is 1810. The van der Waals surface area contributed by atoms with E-state index in [2.05, 4.69) is 6.92 Å². The van der Waals surface area contributed by atoms with Gasteiger partial charge in [0.1, 0.15) is 22.6 Å². The molecule has 10 bridgehead atoms. The third-order valence-electron chi connectivity index (χ3n) is 17.6. The monoisotopic (exact) mass is 804 g/mol. The van der Waals surface area contributed by atoms with E-state index in [0.717, 1.165) is 25.7 Å². The molecular formula is C46H60O12. The van der Waals surface area contributed by atoms with Gasteiger partial charge in [0.05, 0.1) is 41.6 Å². The Labute approximate surface area is 340 Å². The fourth-order valence-corrected chi connectivity index (χ4v) is 15.9. The maximum absolute atomic E-state index is 15.2. The Kier molecular flexibility index (Phi) is 8.77. The number of fused-ring (bicyclic) bond motifs is 5. The van der Waals surface area contributed by atoms with E-state index >= 15 is 4.79 Å². The molecule has 12 nitrogen and oxygen atoms in total. The second kappa shape index (κ2) is 13.1. The van der Waals surface area contributed by atoms with Crippen molar-refractivity contribution in [2.45, 2.75) is 141 Å². The Hall–Kier alpha value is -3.31. The first-order valence-corrected chi connectivity index (χ1v) is 22.5. The van der Waals surface area contributed by atoms with Gasteiger partial charge in [-0.1, -0.05) is 13.8 Å². The van der Waals surface area contributed by atoms with Crippen molar-refractivity contribution in [3.05, 3.63) is 0 Å². The van der Waals surface area contributed by atoms with Gasteiger partial charge in [-0.25, -0.2) is 0 Å². The predicted molar refractivity (Wildman–Crippen MR) is 201 cm³/mol. The van der Waals surface area contributed by atoms with Gasteiger partial charge < -0.3 is 23.7 Å². The molecule has 0 aromatic heterocycles. The highest BCUT2D eigenvalue weighted by Crippen LogP contribution is 2.65. The molecule has 0 N–H and O–H groups in total. The van der Waals surface area contributed by atoms with Crippen LogP contribution < -0.4 is 0 Å². The molecule has 58 heavy (non-hydrogen) atoms. The van der Waals surface area contributed by atoms with Gasteiger partial charge in [-0.3, -0.25) is 33.6 Å². The van der Waals surface area contributed by atoms with Gasteiger partial charge in [0.15, 0.2) is 0 Å². The molecule has 2 saturated heterocycles. The number of Topliss-reactive ketones (excluding diaryl/α,β-unsaturated/α-hetero) is 1. The molecule has 12 aliphatic rings. The molecule has 14 unspecified atom stereocenters. The molecule has 0 amide bonds. The lowest BCUT2D eigenvalue weighted by Crippen LogP contribution is -2.60. The van der Waals surface area contributed by atoms with Crippen molar-refractivity contribution < 1.29 is 57.2 Å². The minimum atomic E-state index is -1.15. The molecule has 0 aromatic carbocycles. The SMILES string of the molecule is CC1C(=O)OC(=O)C1C(CC(CC1C(C)C2CC1C1COC(=O)C21)C(=O)OC12CC3CC(C1)CC(C(=O)OC(C)(C)C)(C3)C2)C(=O)OC12CC3CC(C1)C(=O)C(C3)C2. The molecule has 0 aromatic rings. The van der Waals surface area contributed by atoms with Crippen molar-refractivity contribution in [3.8, 4) is 0 Å². The van der Waals surface area contributed by atoms with Gasteiger partial charge in [0.2, 0.25) is 0 Å². The van der Waals surface area contributed by atoms with Crippen molar-refractivity contribution in [1.82, 2.24) is 0 Å². The van der Waals surface area contributed by atoms with E-state index in [-0.39, 0.29) is 83.3 Å². The predicted octanol–water partition coefficient (Wildman–Crippen LogP) is 5.94. The van der Waals surface area contributed by atoms with Crippen molar-refractivity contribution >= 4 is 41.6 Å². The van der Waals surface area contributed by atoms with Crippen molar-refractivity contribution in [3.63, 3.8) is 0 Å². The van der Waals surface area contributed by atoms with Crippen molar-refractivity contribution in [2.24, 2.45) is 94.2 Å². The van der Waals surface area contributed by atoms with Crippen LogP contribution in [0.25, 0.3) is 0 Å². The first-order valence-electron chi connectivity index (χ1n) is 22.5. The topological polar surface area (TPSA) is 166 Å². The van der Waals surface area contributed by atoms with Gasteiger partial charge in [0.25, 0.3) is 0 Å². The number of ether oxygens (including phenoxy) is 5. The van der Waals surface area contributed by atoms with Crippen LogP contribution in [-0.2, 0) is 57.2 Å². The number of ketones is 1. The van der Waals surface area contributed by atoms with Crippen LogP contribution in [0.15, 0.2) is 0 Å². The number of carbonyl (C=O) groups is 7. The molecule has 10 aliphatic carbocycles. The lowest BCUT2D eigenvalue weighted by atomic mass is 9.48. The van der Waals surface area contributed by atoms with Crippen LogP contribution in [0.4, 0.5) is 0 Å². The molecule has 10 saturated carbocycles. The van der Waals surface area contributed by atoms with E-state index in [1.165, 1.54) is 0 Å². The summed E-state index contributed by atoms with van der Waals surface area (Å²) >= 11 is 0. The minimum Gasteiger partial charge on any atom is -0.465 e. The smallest absolute Gasteiger partial charge is 0.318 e. The Balaban J connectivity index is 0.969. The maximum Gasteiger partial charge on any atom is 0.318 e. The van der Waals surface area contributed by atoms with Gasteiger partial charge in [0, 0.05) is 24.2 Å². The molecule has 12 fully saturated rings. The normalized spacial score (nSPS) is 47.5. The van der Waals surface area contributed by atoms with Crippen LogP contribution in [0.3, 0.4) is 0 Å². The summed E-state index contributed by atoms with van der Waals surface area (Å²) in [6, 6.07) is 0. The highest BCUT2D eigenvalue weighted by Gasteiger charge is 2.66. The Morgan fingerprint density at radius 1 is 0.741 bits per heavy atom. The first-order chi connectivity index (χ1) is 27.3. The molecule has 12 rings (SSSR count). The number of carbonyl (C=O) groups excluding carboxylic acids is 7. The van der Waals surface area contributed by atoms with Gasteiger partial charge in [-0.05, 0) is 146 Å². The quantitative estimate of drug-likeness (QED) is 0.145. The van der Waals surface area contributed by atoms with E-state index in [0.29, 0.717) is 70.3 Å². The number of hydrogen-bond donors (Lipinski definition) is 0. The van der Waals surface area contributed by atoms with Crippen LogP contribution in [-0.4, -0.2) is 65.0 Å². The fraction of sp³-hybridized carbons (Fsp3) is 0.848. The third kappa shape index (κ3) is 6.12. The van der Waals surface area contributed by atoms with Crippen LogP contribution >= 0.6 is 0 Å². The molecule has 2 heterocycles. The van der Waals surface area contributed by atoms with Crippen molar-refractivity contribution in [1.29, 1.82) is 0 Å². The maximum atomic E-state index is 15.2. The van der Waals surface area contributed by atoms with E-state index in [1.807, 2.05) is 20.8 Å². The van der Waals surface area contributed by atoms with E-state index in [1.54, 1.807) is 6.92 Å². The lowest BCUT2D eigenvalue weighted by Gasteiger charge is -2.60. The van der Waals surface area contributed by atoms with Crippen LogP contribution in [0.5, 0.6) is 0 Å². The summed E-state index contributed by atoms with van der Waals surface area (Å²) in [6.45, 7) is 9.73. The molecule has 316 valence electrons. The fourth-order valence-electron chi connectivity index (χ4n) is 15.9. The van der Waals surface area contributed by atoms with Crippen LogP contribution in [0.1, 0.15) is 125 Å². The minimum absolute atomic E-state index is 0.0446. The van der Waals surface area contributed by atoms with E-state index in [4.69, 9.17) is 23.7 Å². The molecule has 12 heteroatoms. The second-order valence-corrected chi connectivity index (χ2v) is 22.4. The van der Waals surface area contributed by atoms with Crippen LogP contribution in [0, 0.1) is 94.2 Å². The zero-order valence-corrected chi connectivity index (χ0v) is 34.7. The number of esters is 6. The molecular weight excluding hydrogens is 744 g/mol. The standard InChI is InChI=1S/C46H60O12/c1-21-29(31-11-30(21)35-33(31)19-54-40(35)51)9-26(38(49)56-46-15-24-6-25(16-46)13-44(12-24,20-46)42(53)58-43(3,4)5)10-32(34-22(2)37(48)55-41(34)52)39(50)57-45-14-23-7-27(17-45)36(47)28(8-23)18-45/h21-35H,6-20H2,1-5H3. The van der Waals surface area contributed by atoms with Gasteiger partial charge >= 0.3 is 35.8 Å². The van der Waals surface area contributed by atoms with Crippen molar-refractivity contribution in [2.75, 3.05) is 6.61 Å². The average Bonchev–Trinajstić information content (AvgIpc) is 3.84. The zero-order valence-electron chi connectivity index (χ0n) is 34.7. The number of cyclic esters (lactones) is 3. The molecule has 0 radical (unpaired) electrons. The second-order valence-electron chi connectivity index (χ2n) is 22.4. The molecule has 14 atom stereocenters. The number of rotatable bonds is 10. The third-order valence-corrected chi connectivity index (χ3v) is 17.6. The summed E-state index contributed by atoms with van der Waals surface area (Å²) in [5, 5.41) is 0. The molecule has 0 spiro atoms. The number of hydrogen-bond acceptors (Lipinski definition) is 12. The summed E-state index contributed by atoms with van der Waals surface area (Å²) < 4.78 is 30.1.